The summed E-state index contributed by atoms with van der Waals surface area (Å²) < 4.78 is 40.7. The predicted octanol–water partition coefficient (Wildman–Crippen LogP) is 3.98. The lowest BCUT2D eigenvalue weighted by atomic mass is 9.96. The Morgan fingerprint density at radius 3 is 2.30 bits per heavy atom. The molecule has 178 valence electrons. The van der Waals surface area contributed by atoms with E-state index in [4.69, 9.17) is 0 Å². The van der Waals surface area contributed by atoms with Crippen LogP contribution < -0.4 is 20.7 Å². The fourth-order valence-corrected chi connectivity index (χ4v) is 4.73. The molecule has 0 atom stereocenters. The van der Waals surface area contributed by atoms with Crippen LogP contribution in [0.5, 0.6) is 0 Å². The van der Waals surface area contributed by atoms with Crippen molar-refractivity contribution in [2.24, 2.45) is 0 Å². The summed E-state index contributed by atoms with van der Waals surface area (Å²) in [6, 6.07) is 10.9. The Hall–Kier alpha value is -3.14. The lowest BCUT2D eigenvalue weighted by molar-refractivity contribution is -0.116. The van der Waals surface area contributed by atoms with Gasteiger partial charge >= 0.3 is 6.03 Å². The Bertz CT molecular complexity index is 1050. The number of hydrogen-bond donors (Lipinski definition) is 4. The van der Waals surface area contributed by atoms with Gasteiger partial charge < -0.3 is 16.0 Å². The number of benzene rings is 2. The molecule has 1 fully saturated rings. The minimum absolute atomic E-state index is 0.0948. The van der Waals surface area contributed by atoms with Crippen LogP contribution in [0.2, 0.25) is 0 Å². The molecule has 0 aromatic heterocycles. The molecule has 1 aliphatic rings. The highest BCUT2D eigenvalue weighted by Gasteiger charge is 2.17. The molecule has 1 aliphatic carbocycles. The predicted molar refractivity (Wildman–Crippen MR) is 125 cm³/mol. The first-order chi connectivity index (χ1) is 15.8. The van der Waals surface area contributed by atoms with Crippen LogP contribution in [0.1, 0.15) is 44.9 Å². The van der Waals surface area contributed by atoms with Gasteiger partial charge in [-0.25, -0.2) is 17.6 Å². The summed E-state index contributed by atoms with van der Waals surface area (Å²) in [6.07, 6.45) is 6.07. The molecule has 0 heterocycles. The van der Waals surface area contributed by atoms with E-state index in [1.54, 1.807) is 18.2 Å². The Morgan fingerprint density at radius 1 is 0.939 bits per heavy atom. The van der Waals surface area contributed by atoms with Gasteiger partial charge in [-0.15, -0.1) is 0 Å². The van der Waals surface area contributed by atoms with Gasteiger partial charge in [0.25, 0.3) is 10.0 Å². The molecule has 0 spiro atoms. The third kappa shape index (κ3) is 7.74. The molecule has 0 aliphatic heterocycles. The fraction of sp³-hybridized carbons (Fsp3) is 0.391. The number of halogens is 1. The minimum atomic E-state index is -3.95. The third-order valence-electron chi connectivity index (χ3n) is 5.38. The second-order valence-electron chi connectivity index (χ2n) is 7.99. The van der Waals surface area contributed by atoms with E-state index in [-0.39, 0.29) is 35.0 Å². The number of rotatable bonds is 9. The van der Waals surface area contributed by atoms with Crippen LogP contribution in [0.3, 0.4) is 0 Å². The third-order valence-corrected chi connectivity index (χ3v) is 6.76. The number of nitrogens with one attached hydrogen (secondary N) is 4. The largest absolute Gasteiger partial charge is 0.338 e. The van der Waals surface area contributed by atoms with Crippen LogP contribution in [0, 0.1) is 5.82 Å². The van der Waals surface area contributed by atoms with Gasteiger partial charge in [0.05, 0.1) is 16.3 Å². The lowest BCUT2D eigenvalue weighted by Crippen LogP contribution is -2.43. The Balaban J connectivity index is 1.47. The van der Waals surface area contributed by atoms with Crippen molar-refractivity contribution in [1.82, 2.24) is 10.6 Å². The maximum atomic E-state index is 13.1. The number of para-hydroxylation sites is 2. The molecular weight excluding hydrogens is 447 g/mol. The zero-order chi connectivity index (χ0) is 23.7. The molecule has 0 bridgehead atoms. The van der Waals surface area contributed by atoms with E-state index in [2.05, 4.69) is 20.7 Å². The Kier molecular flexibility index (Phi) is 8.65. The molecule has 0 saturated heterocycles. The molecule has 8 nitrogen and oxygen atoms in total. The first-order valence-electron chi connectivity index (χ1n) is 11.0. The first kappa shape index (κ1) is 24.5. The van der Waals surface area contributed by atoms with Gasteiger partial charge in [0.15, 0.2) is 0 Å². The summed E-state index contributed by atoms with van der Waals surface area (Å²) in [6.45, 7) is 0.352. The normalized spacial score (nSPS) is 14.3. The molecule has 3 amide bonds. The van der Waals surface area contributed by atoms with E-state index in [9.17, 15) is 22.4 Å². The van der Waals surface area contributed by atoms with Crippen molar-refractivity contribution in [3.05, 3.63) is 54.3 Å². The molecule has 1 saturated carbocycles. The van der Waals surface area contributed by atoms with E-state index in [1.165, 1.54) is 12.5 Å². The summed E-state index contributed by atoms with van der Waals surface area (Å²) in [5, 5.41) is 8.41. The van der Waals surface area contributed by atoms with Crippen LogP contribution in [0.15, 0.2) is 53.4 Å². The van der Waals surface area contributed by atoms with Gasteiger partial charge in [0, 0.05) is 19.0 Å². The van der Waals surface area contributed by atoms with Crippen molar-refractivity contribution >= 4 is 33.3 Å². The van der Waals surface area contributed by atoms with Crippen molar-refractivity contribution in [1.29, 1.82) is 0 Å². The standard InChI is InChI=1S/C23H29FN4O4S/c24-17-12-14-19(15-13-17)33(31,32)28-21-10-5-4-9-20(21)27-22(29)11-6-16-25-23(30)26-18-7-2-1-3-8-18/h4-5,9-10,12-15,18,28H,1-3,6-8,11,16H2,(H,27,29)(H2,25,26,30). The van der Waals surface area contributed by atoms with E-state index in [0.29, 0.717) is 18.7 Å². The van der Waals surface area contributed by atoms with Crippen molar-refractivity contribution in [3.63, 3.8) is 0 Å². The average molecular weight is 477 g/mol. The SMILES string of the molecule is O=C(CCCNC(=O)NC1CCCCC1)Nc1ccccc1NS(=O)(=O)c1ccc(F)cc1. The molecule has 4 N–H and O–H groups in total. The number of hydrogen-bond acceptors (Lipinski definition) is 4. The highest BCUT2D eigenvalue weighted by atomic mass is 32.2. The minimum Gasteiger partial charge on any atom is -0.338 e. The van der Waals surface area contributed by atoms with Crippen LogP contribution in [0.4, 0.5) is 20.6 Å². The summed E-state index contributed by atoms with van der Waals surface area (Å²) >= 11 is 0. The Labute approximate surface area is 193 Å². The Morgan fingerprint density at radius 2 is 1.61 bits per heavy atom. The van der Waals surface area contributed by atoms with Crippen molar-refractivity contribution in [3.8, 4) is 0 Å². The summed E-state index contributed by atoms with van der Waals surface area (Å²) in [7, 11) is -3.95. The van der Waals surface area contributed by atoms with Crippen molar-refractivity contribution < 1.29 is 22.4 Å². The smallest absolute Gasteiger partial charge is 0.315 e. The molecule has 0 unspecified atom stereocenters. The van der Waals surface area contributed by atoms with E-state index in [1.807, 2.05) is 0 Å². The zero-order valence-electron chi connectivity index (χ0n) is 18.3. The average Bonchev–Trinajstić information content (AvgIpc) is 2.79. The number of carbonyl (C=O) groups excluding carboxylic acids is 2. The van der Waals surface area contributed by atoms with Gasteiger partial charge in [-0.05, 0) is 55.7 Å². The van der Waals surface area contributed by atoms with E-state index in [0.717, 1.165) is 49.9 Å². The van der Waals surface area contributed by atoms with Crippen molar-refractivity contribution in [2.75, 3.05) is 16.6 Å². The van der Waals surface area contributed by atoms with Gasteiger partial charge in [-0.1, -0.05) is 31.4 Å². The second kappa shape index (κ2) is 11.6. The summed E-state index contributed by atoms with van der Waals surface area (Å²) in [5.41, 5.74) is 0.497. The summed E-state index contributed by atoms with van der Waals surface area (Å²) in [4.78, 5) is 24.2. The van der Waals surface area contributed by atoms with Crippen LogP contribution >= 0.6 is 0 Å². The molecule has 33 heavy (non-hydrogen) atoms. The van der Waals surface area contributed by atoms with E-state index < -0.39 is 15.8 Å². The molecule has 2 aromatic carbocycles. The van der Waals surface area contributed by atoms with Gasteiger partial charge in [0.2, 0.25) is 5.91 Å². The molecular formula is C23H29FN4O4S. The number of carbonyl (C=O) groups is 2. The highest BCUT2D eigenvalue weighted by molar-refractivity contribution is 7.92. The van der Waals surface area contributed by atoms with Gasteiger partial charge in [-0.3, -0.25) is 9.52 Å². The molecule has 0 radical (unpaired) electrons. The lowest BCUT2D eigenvalue weighted by Gasteiger charge is -2.22. The number of amides is 3. The molecule has 10 heteroatoms. The molecule has 3 rings (SSSR count). The van der Waals surface area contributed by atoms with Gasteiger partial charge in [0.1, 0.15) is 5.82 Å². The number of sulfonamides is 1. The van der Waals surface area contributed by atoms with Gasteiger partial charge in [-0.2, -0.15) is 0 Å². The van der Waals surface area contributed by atoms with Crippen LogP contribution in [0.25, 0.3) is 0 Å². The second-order valence-corrected chi connectivity index (χ2v) is 9.67. The number of urea groups is 1. The first-order valence-corrected chi connectivity index (χ1v) is 12.5. The topological polar surface area (TPSA) is 116 Å². The van der Waals surface area contributed by atoms with Crippen LogP contribution in [-0.4, -0.2) is 32.9 Å². The fourth-order valence-electron chi connectivity index (χ4n) is 3.65. The summed E-state index contributed by atoms with van der Waals surface area (Å²) in [5.74, 6) is -0.847. The number of anilines is 2. The zero-order valence-corrected chi connectivity index (χ0v) is 19.1. The monoisotopic (exact) mass is 476 g/mol. The molecule has 2 aromatic rings. The quantitative estimate of drug-likeness (QED) is 0.410. The maximum absolute atomic E-state index is 13.1. The maximum Gasteiger partial charge on any atom is 0.315 e. The van der Waals surface area contributed by atoms with Crippen LogP contribution in [-0.2, 0) is 14.8 Å². The highest BCUT2D eigenvalue weighted by Crippen LogP contribution is 2.25. The van der Waals surface area contributed by atoms with E-state index >= 15 is 0 Å². The van der Waals surface area contributed by atoms with Crippen molar-refractivity contribution in [2.45, 2.75) is 55.9 Å².